The third kappa shape index (κ3) is 1.86. The van der Waals surface area contributed by atoms with Crippen LogP contribution in [0.3, 0.4) is 0 Å². The maximum absolute atomic E-state index is 12.3. The Bertz CT molecular complexity index is 572. The van der Waals surface area contributed by atoms with Crippen molar-refractivity contribution < 1.29 is 22.7 Å². The molecule has 1 N–H and O–H groups in total. The van der Waals surface area contributed by atoms with Crippen molar-refractivity contribution in [1.82, 2.24) is 4.98 Å². The van der Waals surface area contributed by atoms with E-state index < -0.39 is 17.5 Å². The number of carbonyl (C=O) groups is 1. The number of methoxy groups -OCH3 is 1. The lowest BCUT2D eigenvalue weighted by molar-refractivity contribution is -0.0884. The van der Waals surface area contributed by atoms with Gasteiger partial charge >= 0.3 is 6.18 Å². The summed E-state index contributed by atoms with van der Waals surface area (Å²) in [6.07, 6.45) is -3.83. The second-order valence-electron chi connectivity index (χ2n) is 3.41. The lowest BCUT2D eigenvalue weighted by Crippen LogP contribution is -2.22. The minimum Gasteiger partial charge on any atom is -0.495 e. The van der Waals surface area contributed by atoms with Crippen LogP contribution in [0.2, 0.25) is 0 Å². The normalized spacial score (nSPS) is 11.8. The summed E-state index contributed by atoms with van der Waals surface area (Å²) in [7, 11) is 1.40. The summed E-state index contributed by atoms with van der Waals surface area (Å²) in [6, 6.07) is 4.57. The zero-order valence-corrected chi connectivity index (χ0v) is 8.76. The number of rotatable bonds is 2. The highest BCUT2D eigenvalue weighted by molar-refractivity contribution is 6.11. The molecule has 2 rings (SSSR count). The van der Waals surface area contributed by atoms with Crippen molar-refractivity contribution in [3.05, 3.63) is 30.0 Å². The van der Waals surface area contributed by atoms with Gasteiger partial charge in [0.2, 0.25) is 0 Å². The molecule has 0 amide bonds. The molecule has 0 saturated carbocycles. The fourth-order valence-electron chi connectivity index (χ4n) is 1.64. The molecule has 1 aromatic carbocycles. The average molecular weight is 243 g/mol. The lowest BCUT2D eigenvalue weighted by Gasteiger charge is -2.04. The van der Waals surface area contributed by atoms with Gasteiger partial charge < -0.3 is 9.72 Å². The largest absolute Gasteiger partial charge is 0.495 e. The summed E-state index contributed by atoms with van der Waals surface area (Å²) in [6.45, 7) is 0. The van der Waals surface area contributed by atoms with E-state index in [4.69, 9.17) is 4.74 Å². The number of Topliss-reactive ketones (excluding diaryl/α,β-unsaturated/α-hetero) is 1. The fraction of sp³-hybridized carbons (Fsp3) is 0.182. The Morgan fingerprint density at radius 2 is 2.06 bits per heavy atom. The molecule has 0 atom stereocenters. The molecule has 0 aliphatic rings. The second-order valence-corrected chi connectivity index (χ2v) is 3.41. The van der Waals surface area contributed by atoms with E-state index in [0.29, 0.717) is 11.3 Å². The van der Waals surface area contributed by atoms with Gasteiger partial charge in [-0.1, -0.05) is 12.1 Å². The molecular weight excluding hydrogens is 235 g/mol. The van der Waals surface area contributed by atoms with Crippen LogP contribution in [0.4, 0.5) is 13.2 Å². The van der Waals surface area contributed by atoms with Crippen molar-refractivity contribution in [2.45, 2.75) is 6.18 Å². The minimum absolute atomic E-state index is 0.201. The summed E-state index contributed by atoms with van der Waals surface area (Å²) in [4.78, 5) is 13.8. The van der Waals surface area contributed by atoms with E-state index in [-0.39, 0.29) is 5.39 Å². The number of carbonyl (C=O) groups excluding carboxylic acids is 1. The number of aromatic amines is 1. The Hall–Kier alpha value is -1.98. The Balaban J connectivity index is 2.62. The number of nitrogens with one attached hydrogen (secondary N) is 1. The van der Waals surface area contributed by atoms with Crippen LogP contribution in [0.15, 0.2) is 24.4 Å². The third-order valence-electron chi connectivity index (χ3n) is 2.40. The number of ketones is 1. The molecule has 0 radical (unpaired) electrons. The van der Waals surface area contributed by atoms with Gasteiger partial charge in [0.05, 0.1) is 18.2 Å². The first kappa shape index (κ1) is 11.5. The van der Waals surface area contributed by atoms with Crippen LogP contribution < -0.4 is 4.74 Å². The fourth-order valence-corrected chi connectivity index (χ4v) is 1.64. The summed E-state index contributed by atoms with van der Waals surface area (Å²) in [5, 5.41) is 0.201. The van der Waals surface area contributed by atoms with Gasteiger partial charge in [-0.15, -0.1) is 0 Å². The number of benzene rings is 1. The SMILES string of the molecule is COc1cccc2c(C(=O)C(F)(F)F)c[nH]c12. The molecule has 3 nitrogen and oxygen atoms in total. The topological polar surface area (TPSA) is 42.1 Å². The van der Waals surface area contributed by atoms with E-state index in [0.717, 1.165) is 6.20 Å². The molecule has 0 saturated heterocycles. The molecule has 17 heavy (non-hydrogen) atoms. The highest BCUT2D eigenvalue weighted by atomic mass is 19.4. The van der Waals surface area contributed by atoms with Gasteiger partial charge in [-0.05, 0) is 6.07 Å². The van der Waals surface area contributed by atoms with Crippen molar-refractivity contribution in [3.8, 4) is 5.75 Å². The molecule has 2 aromatic rings. The molecule has 1 heterocycles. The Morgan fingerprint density at radius 1 is 1.35 bits per heavy atom. The van der Waals surface area contributed by atoms with Gasteiger partial charge in [-0.3, -0.25) is 4.79 Å². The lowest BCUT2D eigenvalue weighted by atomic mass is 10.1. The number of alkyl halides is 3. The summed E-state index contributed by atoms with van der Waals surface area (Å²) >= 11 is 0. The minimum atomic E-state index is -4.88. The number of H-pyrrole nitrogens is 1. The van der Waals surface area contributed by atoms with E-state index >= 15 is 0 Å². The third-order valence-corrected chi connectivity index (χ3v) is 2.40. The molecule has 1 aromatic heterocycles. The van der Waals surface area contributed by atoms with Crippen LogP contribution in [0, 0.1) is 0 Å². The first-order chi connectivity index (χ1) is 7.95. The number of aromatic nitrogens is 1. The van der Waals surface area contributed by atoms with Gasteiger partial charge in [0.25, 0.3) is 5.78 Å². The van der Waals surface area contributed by atoms with E-state index in [9.17, 15) is 18.0 Å². The number of halogens is 3. The van der Waals surface area contributed by atoms with Gasteiger partial charge in [-0.25, -0.2) is 0 Å². The quantitative estimate of drug-likeness (QED) is 0.824. The van der Waals surface area contributed by atoms with Gasteiger partial charge in [0.1, 0.15) is 5.75 Å². The van der Waals surface area contributed by atoms with E-state index in [1.54, 1.807) is 6.07 Å². The van der Waals surface area contributed by atoms with Gasteiger partial charge in [-0.2, -0.15) is 13.2 Å². The van der Waals surface area contributed by atoms with Gasteiger partial charge in [0, 0.05) is 11.6 Å². The Labute approximate surface area is 94.2 Å². The number of para-hydroxylation sites is 1. The number of ether oxygens (including phenoxy) is 1. The highest BCUT2D eigenvalue weighted by Gasteiger charge is 2.40. The maximum atomic E-state index is 12.3. The van der Waals surface area contributed by atoms with Crippen LogP contribution in [0.5, 0.6) is 5.75 Å². The van der Waals surface area contributed by atoms with Crippen molar-refractivity contribution in [1.29, 1.82) is 0 Å². The number of hydrogen-bond donors (Lipinski definition) is 1. The smallest absolute Gasteiger partial charge is 0.454 e. The van der Waals surface area contributed by atoms with E-state index in [1.807, 2.05) is 0 Å². The molecule has 0 bridgehead atoms. The predicted octanol–water partition coefficient (Wildman–Crippen LogP) is 2.92. The average Bonchev–Trinajstić information content (AvgIpc) is 2.69. The molecular formula is C11H8F3NO2. The molecule has 0 unspecified atom stereocenters. The number of fused-ring (bicyclic) bond motifs is 1. The molecule has 0 spiro atoms. The second kappa shape index (κ2) is 3.80. The summed E-state index contributed by atoms with van der Waals surface area (Å²) in [5.74, 6) is -1.47. The van der Waals surface area contributed by atoms with Crippen LogP contribution in [-0.2, 0) is 0 Å². The van der Waals surface area contributed by atoms with Gasteiger partial charge in [0.15, 0.2) is 0 Å². The monoisotopic (exact) mass is 243 g/mol. The Morgan fingerprint density at radius 3 is 2.65 bits per heavy atom. The van der Waals surface area contributed by atoms with Crippen LogP contribution in [-0.4, -0.2) is 24.1 Å². The molecule has 90 valence electrons. The molecule has 0 fully saturated rings. The summed E-state index contributed by atoms with van der Waals surface area (Å²) < 4.78 is 42.0. The van der Waals surface area contributed by atoms with Crippen LogP contribution in [0.25, 0.3) is 10.9 Å². The predicted molar refractivity (Wildman–Crippen MR) is 55.2 cm³/mol. The summed E-state index contributed by atoms with van der Waals surface area (Å²) in [5.41, 5.74) is -0.0194. The zero-order valence-electron chi connectivity index (χ0n) is 8.76. The van der Waals surface area contributed by atoms with Crippen molar-refractivity contribution in [2.75, 3.05) is 7.11 Å². The first-order valence-corrected chi connectivity index (χ1v) is 4.70. The van der Waals surface area contributed by atoms with E-state index in [2.05, 4.69) is 4.98 Å². The first-order valence-electron chi connectivity index (χ1n) is 4.70. The maximum Gasteiger partial charge on any atom is 0.454 e. The molecule has 6 heteroatoms. The van der Waals surface area contributed by atoms with Crippen LogP contribution in [0.1, 0.15) is 10.4 Å². The molecule has 0 aliphatic carbocycles. The molecule has 0 aliphatic heterocycles. The van der Waals surface area contributed by atoms with Crippen molar-refractivity contribution >= 4 is 16.7 Å². The zero-order chi connectivity index (χ0) is 12.6. The number of hydrogen-bond acceptors (Lipinski definition) is 2. The highest BCUT2D eigenvalue weighted by Crippen LogP contribution is 2.30. The van der Waals surface area contributed by atoms with E-state index in [1.165, 1.54) is 19.2 Å². The Kier molecular flexibility index (Phi) is 2.57. The van der Waals surface area contributed by atoms with Crippen molar-refractivity contribution in [2.24, 2.45) is 0 Å². The van der Waals surface area contributed by atoms with Crippen molar-refractivity contribution in [3.63, 3.8) is 0 Å². The van der Waals surface area contributed by atoms with Crippen LogP contribution >= 0.6 is 0 Å². The standard InChI is InChI=1S/C11H8F3NO2/c1-17-8-4-2-3-6-7(5-15-9(6)8)10(16)11(12,13)14/h2-5,15H,1H3.